The first-order valence-corrected chi connectivity index (χ1v) is 6.78. The molecule has 0 bridgehead atoms. The fourth-order valence-corrected chi connectivity index (χ4v) is 1.97. The van der Waals surface area contributed by atoms with Gasteiger partial charge in [0.05, 0.1) is 17.3 Å². The fraction of sp³-hybridized carbons (Fsp3) is 0.462. The van der Waals surface area contributed by atoms with Gasteiger partial charge in [-0.3, -0.25) is 9.59 Å². The first-order chi connectivity index (χ1) is 9.33. The van der Waals surface area contributed by atoms with Crippen LogP contribution in [0.25, 0.3) is 0 Å². The molecule has 0 aliphatic carbocycles. The van der Waals surface area contributed by atoms with Crippen molar-refractivity contribution in [3.63, 3.8) is 0 Å². The molecule has 0 aliphatic rings. The second-order valence-corrected chi connectivity index (χ2v) is 5.65. The summed E-state index contributed by atoms with van der Waals surface area (Å²) in [6.07, 6.45) is 6.66. The van der Waals surface area contributed by atoms with Crippen LogP contribution in [-0.4, -0.2) is 29.3 Å². The maximum Gasteiger partial charge on any atom is 0.284 e. The number of nitrogens with one attached hydrogen (secondary N) is 2. The van der Waals surface area contributed by atoms with Crippen LogP contribution >= 0.6 is 15.9 Å². The number of hydrogen-bond acceptors (Lipinski definition) is 4. The first-order valence-electron chi connectivity index (χ1n) is 5.98. The maximum absolute atomic E-state index is 11.9. The van der Waals surface area contributed by atoms with Crippen molar-refractivity contribution in [2.75, 3.05) is 18.9 Å². The van der Waals surface area contributed by atoms with Crippen molar-refractivity contribution in [1.29, 1.82) is 0 Å². The average molecular weight is 341 g/mol. The zero-order chi connectivity index (χ0) is 15.3. The Morgan fingerprint density at radius 3 is 2.80 bits per heavy atom. The number of nitrogens with zero attached hydrogens (tertiary/aromatic N) is 2. The van der Waals surface area contributed by atoms with E-state index in [2.05, 4.69) is 37.6 Å². The summed E-state index contributed by atoms with van der Waals surface area (Å²) in [5.41, 5.74) is -0.395. The van der Waals surface area contributed by atoms with Gasteiger partial charge in [0.15, 0.2) is 0 Å². The highest BCUT2D eigenvalue weighted by molar-refractivity contribution is 9.10. The summed E-state index contributed by atoms with van der Waals surface area (Å²) in [4.78, 5) is 23.6. The summed E-state index contributed by atoms with van der Waals surface area (Å²) in [5, 5.41) is 9.61. The molecule has 1 aromatic heterocycles. The van der Waals surface area contributed by atoms with E-state index in [0.717, 1.165) is 0 Å². The third-order valence-corrected chi connectivity index (χ3v) is 3.55. The van der Waals surface area contributed by atoms with Crippen LogP contribution in [0.4, 0.5) is 5.69 Å². The molecule has 0 aromatic carbocycles. The lowest BCUT2D eigenvalue weighted by Gasteiger charge is -2.23. The van der Waals surface area contributed by atoms with Crippen molar-refractivity contribution < 1.29 is 4.79 Å². The van der Waals surface area contributed by atoms with E-state index in [1.807, 2.05) is 0 Å². The summed E-state index contributed by atoms with van der Waals surface area (Å²) < 4.78 is 1.52. The molecule has 0 saturated heterocycles. The van der Waals surface area contributed by atoms with Crippen molar-refractivity contribution in [1.82, 2.24) is 15.1 Å². The molecule has 7 heteroatoms. The number of terminal acetylenes is 1. The zero-order valence-corrected chi connectivity index (χ0v) is 13.2. The number of amides is 1. The molecule has 0 spiro atoms. The van der Waals surface area contributed by atoms with E-state index in [1.54, 1.807) is 20.9 Å². The largest absolute Gasteiger partial charge is 0.382 e. The Morgan fingerprint density at radius 1 is 1.60 bits per heavy atom. The Balaban J connectivity index is 2.91. The Bertz CT molecular complexity index is 601. The Labute approximate surface area is 126 Å². The van der Waals surface area contributed by atoms with Crippen molar-refractivity contribution in [3.8, 4) is 12.3 Å². The molecule has 0 unspecified atom stereocenters. The van der Waals surface area contributed by atoms with Crippen molar-refractivity contribution in [3.05, 3.63) is 21.0 Å². The monoisotopic (exact) mass is 340 g/mol. The van der Waals surface area contributed by atoms with Gasteiger partial charge in [-0.1, -0.05) is 5.92 Å². The third-order valence-electron chi connectivity index (χ3n) is 2.79. The van der Waals surface area contributed by atoms with E-state index < -0.39 is 5.41 Å². The number of carbonyl (C=O) groups is 1. The standard InChI is InChI=1S/C13H17BrN4O2/c1-5-6-18-11(19)10(14)9(7-17-18)16-8-13(2,3)12(20)15-4/h1,7,16H,6,8H2,2-4H3,(H,15,20). The minimum atomic E-state index is -0.609. The number of carbonyl (C=O) groups excluding carboxylic acids is 1. The lowest BCUT2D eigenvalue weighted by molar-refractivity contribution is -0.128. The maximum atomic E-state index is 11.9. The van der Waals surface area contributed by atoms with Crippen LogP contribution in [0, 0.1) is 17.8 Å². The fourth-order valence-electron chi connectivity index (χ4n) is 1.52. The number of aromatic nitrogens is 2. The van der Waals surface area contributed by atoms with Gasteiger partial charge in [-0.15, -0.1) is 6.42 Å². The average Bonchev–Trinajstić information content (AvgIpc) is 2.42. The summed E-state index contributed by atoms with van der Waals surface area (Å²) in [7, 11) is 1.59. The Hall–Kier alpha value is -1.81. The topological polar surface area (TPSA) is 76.0 Å². The molecular weight excluding hydrogens is 324 g/mol. The molecule has 1 heterocycles. The number of rotatable bonds is 5. The molecule has 0 atom stereocenters. The van der Waals surface area contributed by atoms with Crippen LogP contribution in [-0.2, 0) is 11.3 Å². The smallest absolute Gasteiger partial charge is 0.284 e. The lowest BCUT2D eigenvalue weighted by Crippen LogP contribution is -2.39. The minimum absolute atomic E-state index is 0.0882. The van der Waals surface area contributed by atoms with E-state index in [4.69, 9.17) is 6.42 Å². The van der Waals surface area contributed by atoms with Crippen molar-refractivity contribution in [2.45, 2.75) is 20.4 Å². The highest BCUT2D eigenvalue weighted by Gasteiger charge is 2.26. The van der Waals surface area contributed by atoms with E-state index >= 15 is 0 Å². The van der Waals surface area contributed by atoms with Crippen LogP contribution < -0.4 is 16.2 Å². The molecule has 1 aromatic rings. The Morgan fingerprint density at radius 2 is 2.25 bits per heavy atom. The summed E-state index contributed by atoms with van der Waals surface area (Å²) in [6, 6.07) is 0. The number of halogens is 1. The molecule has 108 valence electrons. The van der Waals surface area contributed by atoms with E-state index in [1.165, 1.54) is 10.9 Å². The molecule has 0 aliphatic heterocycles. The molecule has 1 rings (SSSR count). The summed E-state index contributed by atoms with van der Waals surface area (Å²) >= 11 is 3.22. The van der Waals surface area contributed by atoms with Gasteiger partial charge >= 0.3 is 0 Å². The van der Waals surface area contributed by atoms with Crippen LogP contribution in [0.2, 0.25) is 0 Å². The van der Waals surface area contributed by atoms with E-state index in [9.17, 15) is 9.59 Å². The van der Waals surface area contributed by atoms with Gasteiger partial charge in [0.1, 0.15) is 11.0 Å². The van der Waals surface area contributed by atoms with E-state index in [-0.39, 0.29) is 18.0 Å². The zero-order valence-electron chi connectivity index (χ0n) is 11.7. The van der Waals surface area contributed by atoms with Gasteiger partial charge in [0.25, 0.3) is 5.56 Å². The molecule has 0 radical (unpaired) electrons. The molecule has 20 heavy (non-hydrogen) atoms. The van der Waals surface area contributed by atoms with Gasteiger partial charge in [-0.2, -0.15) is 5.10 Å². The SMILES string of the molecule is C#CCn1ncc(NCC(C)(C)C(=O)NC)c(Br)c1=O. The molecule has 6 nitrogen and oxygen atoms in total. The summed E-state index contributed by atoms with van der Waals surface area (Å²) in [5.74, 6) is 2.27. The molecule has 0 saturated carbocycles. The first kappa shape index (κ1) is 16.2. The van der Waals surface area contributed by atoms with Gasteiger partial charge in [-0.05, 0) is 29.8 Å². The second-order valence-electron chi connectivity index (χ2n) is 4.86. The quantitative estimate of drug-likeness (QED) is 0.778. The van der Waals surface area contributed by atoms with Crippen molar-refractivity contribution in [2.24, 2.45) is 5.41 Å². The van der Waals surface area contributed by atoms with Gasteiger partial charge in [0.2, 0.25) is 5.91 Å². The van der Waals surface area contributed by atoms with Crippen LogP contribution in [0.15, 0.2) is 15.5 Å². The number of anilines is 1. The van der Waals surface area contributed by atoms with Gasteiger partial charge < -0.3 is 10.6 Å². The predicted molar refractivity (Wildman–Crippen MR) is 81.4 cm³/mol. The molecule has 1 amide bonds. The van der Waals surface area contributed by atoms with Gasteiger partial charge in [-0.25, -0.2) is 4.68 Å². The predicted octanol–water partition coefficient (Wildman–Crippen LogP) is 0.823. The molecule has 2 N–H and O–H groups in total. The molecule has 0 fully saturated rings. The molecular formula is C13H17BrN4O2. The van der Waals surface area contributed by atoms with Crippen LogP contribution in [0.3, 0.4) is 0 Å². The lowest BCUT2D eigenvalue weighted by atomic mass is 9.92. The third kappa shape index (κ3) is 3.61. The summed E-state index contributed by atoms with van der Waals surface area (Å²) in [6.45, 7) is 4.09. The van der Waals surface area contributed by atoms with Crippen molar-refractivity contribution >= 4 is 27.5 Å². The second kappa shape index (κ2) is 6.57. The number of hydrogen-bond donors (Lipinski definition) is 2. The van der Waals surface area contributed by atoms with Crippen LogP contribution in [0.1, 0.15) is 13.8 Å². The van der Waals surface area contributed by atoms with E-state index in [0.29, 0.717) is 16.7 Å². The minimum Gasteiger partial charge on any atom is -0.382 e. The highest BCUT2D eigenvalue weighted by Crippen LogP contribution is 2.20. The van der Waals surface area contributed by atoms with Crippen LogP contribution in [0.5, 0.6) is 0 Å². The highest BCUT2D eigenvalue weighted by atomic mass is 79.9. The van der Waals surface area contributed by atoms with Gasteiger partial charge in [0, 0.05) is 13.6 Å². The Kier molecular flexibility index (Phi) is 5.34. The normalized spacial score (nSPS) is 10.8.